The minimum Gasteiger partial charge on any atom is -0.380 e. The summed E-state index contributed by atoms with van der Waals surface area (Å²) in [6.07, 6.45) is 3.83. The Morgan fingerprint density at radius 3 is 2.83 bits per heavy atom. The summed E-state index contributed by atoms with van der Waals surface area (Å²) in [5, 5.41) is 3.63. The molecule has 3 nitrogen and oxygen atoms in total. The number of hydrogen-bond acceptors (Lipinski definition) is 3. The molecule has 1 aromatic carbocycles. The van der Waals surface area contributed by atoms with Crippen LogP contribution < -0.4 is 5.32 Å². The van der Waals surface area contributed by atoms with Crippen LogP contribution in [-0.4, -0.2) is 37.2 Å². The summed E-state index contributed by atoms with van der Waals surface area (Å²) in [7, 11) is 0. The summed E-state index contributed by atoms with van der Waals surface area (Å²) >= 11 is 0. The molecule has 2 aliphatic heterocycles. The molecule has 0 aromatic heterocycles. The molecular weight excluding hydrogens is 224 g/mol. The summed E-state index contributed by atoms with van der Waals surface area (Å²) in [5.74, 6) is 0. The molecule has 1 unspecified atom stereocenters. The Morgan fingerprint density at radius 2 is 2.06 bits per heavy atom. The number of ether oxygens (including phenoxy) is 1. The van der Waals surface area contributed by atoms with Crippen molar-refractivity contribution in [2.45, 2.75) is 31.8 Å². The van der Waals surface area contributed by atoms with Crippen molar-refractivity contribution in [3.63, 3.8) is 0 Å². The first-order valence-corrected chi connectivity index (χ1v) is 7.06. The summed E-state index contributed by atoms with van der Waals surface area (Å²) in [6, 6.07) is 9.19. The molecule has 1 aromatic rings. The first-order valence-electron chi connectivity index (χ1n) is 7.06. The summed E-state index contributed by atoms with van der Waals surface area (Å²) < 4.78 is 5.43. The van der Waals surface area contributed by atoms with Crippen molar-refractivity contribution in [3.05, 3.63) is 29.8 Å². The molecule has 0 aliphatic carbocycles. The second kappa shape index (κ2) is 5.72. The number of likely N-dealkylation sites (tertiary alicyclic amines) is 1. The highest BCUT2D eigenvalue weighted by Crippen LogP contribution is 2.22. The fraction of sp³-hybridized carbons (Fsp3) is 0.600. The van der Waals surface area contributed by atoms with Gasteiger partial charge in [-0.3, -0.25) is 4.90 Å². The van der Waals surface area contributed by atoms with Gasteiger partial charge in [0, 0.05) is 18.8 Å². The van der Waals surface area contributed by atoms with Crippen LogP contribution in [0, 0.1) is 0 Å². The van der Waals surface area contributed by atoms with Crippen molar-refractivity contribution >= 4 is 5.69 Å². The van der Waals surface area contributed by atoms with E-state index in [2.05, 4.69) is 34.5 Å². The zero-order valence-corrected chi connectivity index (χ0v) is 10.9. The maximum Gasteiger partial charge on any atom is 0.0668 e. The molecule has 1 N–H and O–H groups in total. The average Bonchev–Trinajstić information content (AvgIpc) is 3.05. The third-order valence-corrected chi connectivity index (χ3v) is 3.90. The molecule has 0 saturated carbocycles. The van der Waals surface area contributed by atoms with E-state index in [0.717, 1.165) is 26.2 Å². The van der Waals surface area contributed by atoms with E-state index in [-0.39, 0.29) is 0 Å². The molecule has 98 valence electrons. The second-order valence-corrected chi connectivity index (χ2v) is 5.35. The molecule has 0 bridgehead atoms. The Hall–Kier alpha value is -1.06. The van der Waals surface area contributed by atoms with Crippen LogP contribution in [0.5, 0.6) is 0 Å². The van der Waals surface area contributed by atoms with Gasteiger partial charge in [0.2, 0.25) is 0 Å². The Labute approximate surface area is 109 Å². The molecule has 2 aliphatic rings. The van der Waals surface area contributed by atoms with E-state index in [1.54, 1.807) is 0 Å². The van der Waals surface area contributed by atoms with Crippen LogP contribution in [0.1, 0.15) is 24.8 Å². The zero-order valence-electron chi connectivity index (χ0n) is 10.9. The van der Waals surface area contributed by atoms with E-state index >= 15 is 0 Å². The first kappa shape index (κ1) is 12.0. The maximum atomic E-state index is 5.43. The largest absolute Gasteiger partial charge is 0.380 e. The Bertz CT molecular complexity index is 345. The van der Waals surface area contributed by atoms with Crippen LogP contribution in [0.2, 0.25) is 0 Å². The minimum absolute atomic E-state index is 0.490. The van der Waals surface area contributed by atoms with Gasteiger partial charge in [-0.2, -0.15) is 0 Å². The zero-order chi connectivity index (χ0) is 12.2. The summed E-state index contributed by atoms with van der Waals surface area (Å²) in [4.78, 5) is 2.55. The van der Waals surface area contributed by atoms with Gasteiger partial charge in [-0.05, 0) is 44.0 Å². The van der Waals surface area contributed by atoms with Gasteiger partial charge in [-0.1, -0.05) is 18.2 Å². The van der Waals surface area contributed by atoms with Crippen LogP contribution in [0.3, 0.4) is 0 Å². The molecular formula is C15H22N2O. The van der Waals surface area contributed by atoms with Gasteiger partial charge in [-0.15, -0.1) is 0 Å². The van der Waals surface area contributed by atoms with E-state index in [0.29, 0.717) is 6.04 Å². The highest BCUT2D eigenvalue weighted by Gasteiger charge is 2.18. The van der Waals surface area contributed by atoms with Gasteiger partial charge in [0.1, 0.15) is 0 Å². The molecule has 0 amide bonds. The fourth-order valence-electron chi connectivity index (χ4n) is 2.85. The Kier molecular flexibility index (Phi) is 3.81. The molecule has 0 radical (unpaired) electrons. The van der Waals surface area contributed by atoms with Gasteiger partial charge in [-0.25, -0.2) is 0 Å². The topological polar surface area (TPSA) is 24.5 Å². The highest BCUT2D eigenvalue weighted by atomic mass is 16.5. The Balaban J connectivity index is 1.67. The monoisotopic (exact) mass is 246 g/mol. The third-order valence-electron chi connectivity index (χ3n) is 3.90. The number of benzene rings is 1. The van der Waals surface area contributed by atoms with Crippen molar-refractivity contribution in [2.75, 3.05) is 31.6 Å². The smallest absolute Gasteiger partial charge is 0.0668 e. The standard InChI is InChI=1S/C15H22N2O/c1-2-6-15(16-14-7-10-18-12-14)13(5-1)11-17-8-3-4-9-17/h1-2,5-6,14,16H,3-4,7-12H2. The third kappa shape index (κ3) is 2.85. The SMILES string of the molecule is c1ccc(NC2CCOC2)c(CN2CCCC2)c1. The lowest BCUT2D eigenvalue weighted by atomic mass is 10.1. The van der Waals surface area contributed by atoms with E-state index < -0.39 is 0 Å². The van der Waals surface area contributed by atoms with Gasteiger partial charge in [0.25, 0.3) is 0 Å². The van der Waals surface area contributed by atoms with Crippen LogP contribution in [0.15, 0.2) is 24.3 Å². The van der Waals surface area contributed by atoms with Gasteiger partial charge < -0.3 is 10.1 Å². The molecule has 2 heterocycles. The van der Waals surface area contributed by atoms with E-state index in [1.165, 1.54) is 37.2 Å². The fourth-order valence-corrected chi connectivity index (χ4v) is 2.85. The number of para-hydroxylation sites is 1. The Morgan fingerprint density at radius 1 is 1.22 bits per heavy atom. The van der Waals surface area contributed by atoms with Gasteiger partial charge >= 0.3 is 0 Å². The average molecular weight is 246 g/mol. The van der Waals surface area contributed by atoms with Crippen LogP contribution >= 0.6 is 0 Å². The number of rotatable bonds is 4. The molecule has 0 spiro atoms. The second-order valence-electron chi connectivity index (χ2n) is 5.35. The van der Waals surface area contributed by atoms with Crippen LogP contribution in [-0.2, 0) is 11.3 Å². The van der Waals surface area contributed by atoms with Crippen molar-refractivity contribution in [1.29, 1.82) is 0 Å². The summed E-state index contributed by atoms with van der Waals surface area (Å²) in [6.45, 7) is 5.32. The number of anilines is 1. The lowest BCUT2D eigenvalue weighted by molar-refractivity contribution is 0.195. The number of hydrogen-bond donors (Lipinski definition) is 1. The normalized spacial score (nSPS) is 24.6. The van der Waals surface area contributed by atoms with Crippen LogP contribution in [0.25, 0.3) is 0 Å². The number of nitrogens with one attached hydrogen (secondary N) is 1. The van der Waals surface area contributed by atoms with E-state index in [9.17, 15) is 0 Å². The predicted molar refractivity (Wildman–Crippen MR) is 73.8 cm³/mol. The predicted octanol–water partition coefficient (Wildman–Crippen LogP) is 2.48. The van der Waals surface area contributed by atoms with Crippen molar-refractivity contribution in [3.8, 4) is 0 Å². The van der Waals surface area contributed by atoms with E-state index in [1.807, 2.05) is 0 Å². The summed E-state index contributed by atoms with van der Waals surface area (Å²) in [5.41, 5.74) is 2.71. The van der Waals surface area contributed by atoms with Gasteiger partial charge in [0.05, 0.1) is 12.6 Å². The number of nitrogens with zero attached hydrogens (tertiary/aromatic N) is 1. The molecule has 2 saturated heterocycles. The molecule has 3 heteroatoms. The van der Waals surface area contributed by atoms with Crippen molar-refractivity contribution in [1.82, 2.24) is 4.90 Å². The quantitative estimate of drug-likeness (QED) is 0.883. The molecule has 3 rings (SSSR count). The molecule has 1 atom stereocenters. The van der Waals surface area contributed by atoms with E-state index in [4.69, 9.17) is 4.74 Å². The first-order chi connectivity index (χ1) is 8.92. The highest BCUT2D eigenvalue weighted by molar-refractivity contribution is 5.51. The minimum atomic E-state index is 0.490. The van der Waals surface area contributed by atoms with Gasteiger partial charge in [0.15, 0.2) is 0 Å². The van der Waals surface area contributed by atoms with Crippen LogP contribution in [0.4, 0.5) is 5.69 Å². The molecule has 18 heavy (non-hydrogen) atoms. The van der Waals surface area contributed by atoms with Crippen molar-refractivity contribution in [2.24, 2.45) is 0 Å². The maximum absolute atomic E-state index is 5.43. The molecule has 2 fully saturated rings. The lowest BCUT2D eigenvalue weighted by Gasteiger charge is -2.20. The van der Waals surface area contributed by atoms with Crippen molar-refractivity contribution < 1.29 is 4.74 Å². The lowest BCUT2D eigenvalue weighted by Crippen LogP contribution is -2.23.